The number of hydrogen-bond donors (Lipinski definition) is 2. The molecule has 0 bridgehead atoms. The molecule has 0 saturated carbocycles. The zero-order valence-electron chi connectivity index (χ0n) is 20.2. The molecular formula is C26H32N4O6. The summed E-state index contributed by atoms with van der Waals surface area (Å²) in [7, 11) is 0. The summed E-state index contributed by atoms with van der Waals surface area (Å²) in [5, 5.41) is 12.2. The standard InChI is InChI=1S/C26H32N4O6/c1-2-7-19-14-23(31)30-21(11-12-24(32)33)25(34)28(16-20-10-6-13-36-20)17-22(30)29(19)26(35)27-15-18-8-4-3-5-9-18/h1,3-5,8-9,19-22H,6-7,10-17H2,(H,27,35)(H,32,33)/t19?,20?,21-,22+/m0/s1. The Hall–Kier alpha value is -3.58. The van der Waals surface area contributed by atoms with Gasteiger partial charge in [-0.3, -0.25) is 19.3 Å². The number of hydrogen-bond acceptors (Lipinski definition) is 5. The maximum Gasteiger partial charge on any atom is 0.319 e. The molecule has 2 N–H and O–H groups in total. The first-order chi connectivity index (χ1) is 17.4. The van der Waals surface area contributed by atoms with Crippen molar-refractivity contribution in [3.8, 4) is 12.3 Å². The molecule has 0 aliphatic carbocycles. The van der Waals surface area contributed by atoms with Crippen molar-refractivity contribution in [1.29, 1.82) is 0 Å². The number of carboxylic acid groups (broad SMARTS) is 1. The predicted molar refractivity (Wildman–Crippen MR) is 129 cm³/mol. The molecule has 4 rings (SSSR count). The maximum absolute atomic E-state index is 13.5. The van der Waals surface area contributed by atoms with Gasteiger partial charge in [0, 0.05) is 39.0 Å². The smallest absolute Gasteiger partial charge is 0.319 e. The summed E-state index contributed by atoms with van der Waals surface area (Å²) in [6.45, 7) is 1.37. The van der Waals surface area contributed by atoms with Crippen LogP contribution in [0.4, 0.5) is 4.79 Å². The summed E-state index contributed by atoms with van der Waals surface area (Å²) in [5.41, 5.74) is 0.919. The Bertz CT molecular complexity index is 1020. The van der Waals surface area contributed by atoms with Gasteiger partial charge < -0.3 is 25.0 Å². The Morgan fingerprint density at radius 3 is 2.67 bits per heavy atom. The molecule has 3 saturated heterocycles. The number of ether oxygens (including phenoxy) is 1. The molecule has 4 amide bonds. The van der Waals surface area contributed by atoms with Crippen molar-refractivity contribution < 1.29 is 29.0 Å². The van der Waals surface area contributed by atoms with E-state index in [2.05, 4.69) is 11.2 Å². The predicted octanol–water partition coefficient (Wildman–Crippen LogP) is 1.40. The third-order valence-electron chi connectivity index (χ3n) is 7.00. The van der Waals surface area contributed by atoms with E-state index >= 15 is 0 Å². The molecule has 3 fully saturated rings. The second kappa shape index (κ2) is 11.4. The Labute approximate surface area is 210 Å². The van der Waals surface area contributed by atoms with Crippen LogP contribution in [0.25, 0.3) is 0 Å². The number of terminal acetylenes is 1. The fraction of sp³-hybridized carbons (Fsp3) is 0.538. The van der Waals surface area contributed by atoms with Gasteiger partial charge in [-0.2, -0.15) is 0 Å². The summed E-state index contributed by atoms with van der Waals surface area (Å²) in [4.78, 5) is 56.2. The Morgan fingerprint density at radius 1 is 1.22 bits per heavy atom. The second-order valence-electron chi connectivity index (χ2n) is 9.43. The van der Waals surface area contributed by atoms with Crippen molar-refractivity contribution in [3.63, 3.8) is 0 Å². The maximum atomic E-state index is 13.5. The van der Waals surface area contributed by atoms with Crippen LogP contribution in [0, 0.1) is 12.3 Å². The Kier molecular flexibility index (Phi) is 8.10. The van der Waals surface area contributed by atoms with Crippen molar-refractivity contribution in [2.45, 2.75) is 69.4 Å². The number of amides is 4. The van der Waals surface area contributed by atoms with Gasteiger partial charge in [0.05, 0.1) is 18.7 Å². The molecule has 2 unspecified atom stereocenters. The summed E-state index contributed by atoms with van der Waals surface area (Å²) < 4.78 is 5.73. The first-order valence-electron chi connectivity index (χ1n) is 12.4. The van der Waals surface area contributed by atoms with Gasteiger partial charge in [0.1, 0.15) is 12.2 Å². The molecule has 0 aromatic heterocycles. The highest BCUT2D eigenvalue weighted by Gasteiger charge is 2.51. The monoisotopic (exact) mass is 496 g/mol. The van der Waals surface area contributed by atoms with Crippen LogP contribution in [0.15, 0.2) is 30.3 Å². The molecule has 1 aromatic carbocycles. The van der Waals surface area contributed by atoms with Gasteiger partial charge in [0.2, 0.25) is 11.8 Å². The van der Waals surface area contributed by atoms with E-state index < -0.39 is 24.2 Å². The van der Waals surface area contributed by atoms with Crippen molar-refractivity contribution in [3.05, 3.63) is 35.9 Å². The lowest BCUT2D eigenvalue weighted by molar-refractivity contribution is -0.172. The number of nitrogens with one attached hydrogen (secondary N) is 1. The van der Waals surface area contributed by atoms with Crippen molar-refractivity contribution >= 4 is 23.8 Å². The van der Waals surface area contributed by atoms with E-state index in [4.69, 9.17) is 11.2 Å². The van der Waals surface area contributed by atoms with Crippen LogP contribution in [-0.2, 0) is 25.7 Å². The average molecular weight is 497 g/mol. The van der Waals surface area contributed by atoms with Crippen molar-refractivity contribution in [1.82, 2.24) is 20.0 Å². The molecule has 0 spiro atoms. The fourth-order valence-corrected chi connectivity index (χ4v) is 5.32. The van der Waals surface area contributed by atoms with Crippen LogP contribution in [0.3, 0.4) is 0 Å². The van der Waals surface area contributed by atoms with Crippen LogP contribution in [0.5, 0.6) is 0 Å². The molecule has 192 valence electrons. The third-order valence-corrected chi connectivity index (χ3v) is 7.00. The van der Waals surface area contributed by atoms with Crippen LogP contribution in [0.1, 0.15) is 44.1 Å². The number of benzene rings is 1. The van der Waals surface area contributed by atoms with Gasteiger partial charge in [-0.1, -0.05) is 30.3 Å². The molecule has 10 nitrogen and oxygen atoms in total. The highest BCUT2D eigenvalue weighted by Crippen LogP contribution is 2.32. The minimum Gasteiger partial charge on any atom is -0.481 e. The van der Waals surface area contributed by atoms with Gasteiger partial charge in [0.25, 0.3) is 0 Å². The van der Waals surface area contributed by atoms with Gasteiger partial charge >= 0.3 is 12.0 Å². The van der Waals surface area contributed by atoms with E-state index in [1.165, 1.54) is 4.90 Å². The molecule has 0 radical (unpaired) electrons. The third kappa shape index (κ3) is 5.62. The highest BCUT2D eigenvalue weighted by molar-refractivity contribution is 5.91. The van der Waals surface area contributed by atoms with E-state index in [1.54, 1.807) is 9.80 Å². The highest BCUT2D eigenvalue weighted by atomic mass is 16.5. The lowest BCUT2D eigenvalue weighted by Crippen LogP contribution is -2.74. The summed E-state index contributed by atoms with van der Waals surface area (Å²) in [6.07, 6.45) is 6.30. The number of carbonyl (C=O) groups excluding carboxylic acids is 3. The van der Waals surface area contributed by atoms with Crippen LogP contribution in [0.2, 0.25) is 0 Å². The van der Waals surface area contributed by atoms with Crippen LogP contribution in [-0.4, -0.2) is 87.7 Å². The van der Waals surface area contributed by atoms with Gasteiger partial charge in [0.15, 0.2) is 0 Å². The number of urea groups is 1. The van der Waals surface area contributed by atoms with E-state index in [-0.39, 0.29) is 56.2 Å². The first kappa shape index (κ1) is 25.5. The first-order valence-corrected chi connectivity index (χ1v) is 12.4. The van der Waals surface area contributed by atoms with Crippen molar-refractivity contribution in [2.75, 3.05) is 19.7 Å². The molecule has 10 heteroatoms. The molecular weight excluding hydrogens is 464 g/mol. The topological polar surface area (TPSA) is 119 Å². The lowest BCUT2D eigenvalue weighted by atomic mass is 9.95. The SMILES string of the molecule is C#CCC1CC(=O)N2[C@H](CN(CC3CCCO3)C(=O)[C@@H]2CCC(=O)O)N1C(=O)NCc1ccccc1. The number of nitrogens with zero attached hydrogens (tertiary/aromatic N) is 3. The number of carbonyl (C=O) groups is 4. The summed E-state index contributed by atoms with van der Waals surface area (Å²) >= 11 is 0. The summed E-state index contributed by atoms with van der Waals surface area (Å²) in [6, 6.07) is 7.57. The summed E-state index contributed by atoms with van der Waals surface area (Å²) in [5.74, 6) is 0.911. The van der Waals surface area contributed by atoms with Crippen LogP contribution < -0.4 is 5.32 Å². The Balaban J connectivity index is 1.62. The number of rotatable bonds is 8. The molecule has 3 aliphatic heterocycles. The number of piperazine rings is 1. The molecule has 1 aromatic rings. The molecule has 3 aliphatic rings. The Morgan fingerprint density at radius 2 is 2.00 bits per heavy atom. The molecule has 4 atom stereocenters. The molecule has 36 heavy (non-hydrogen) atoms. The van der Waals surface area contributed by atoms with E-state index in [1.807, 2.05) is 30.3 Å². The number of fused-ring (bicyclic) bond motifs is 1. The van der Waals surface area contributed by atoms with Gasteiger partial charge in [-0.25, -0.2) is 4.79 Å². The number of carboxylic acids is 1. The van der Waals surface area contributed by atoms with Gasteiger partial charge in [-0.05, 0) is 24.8 Å². The van der Waals surface area contributed by atoms with E-state index in [0.29, 0.717) is 19.7 Å². The van der Waals surface area contributed by atoms with E-state index in [9.17, 15) is 24.3 Å². The van der Waals surface area contributed by atoms with Crippen molar-refractivity contribution in [2.24, 2.45) is 0 Å². The van der Waals surface area contributed by atoms with Gasteiger partial charge in [-0.15, -0.1) is 12.3 Å². The minimum atomic E-state index is -1.05. The van der Waals surface area contributed by atoms with Crippen LogP contribution >= 0.6 is 0 Å². The minimum absolute atomic E-state index is 0.0257. The lowest BCUT2D eigenvalue weighted by Gasteiger charge is -2.54. The average Bonchev–Trinajstić information content (AvgIpc) is 3.37. The second-order valence-corrected chi connectivity index (χ2v) is 9.43. The largest absolute Gasteiger partial charge is 0.481 e. The molecule has 3 heterocycles. The zero-order valence-corrected chi connectivity index (χ0v) is 20.2. The fourth-order valence-electron chi connectivity index (χ4n) is 5.32. The van der Waals surface area contributed by atoms with E-state index in [0.717, 1.165) is 18.4 Å². The quantitative estimate of drug-likeness (QED) is 0.525. The number of aliphatic carboxylic acids is 1. The zero-order chi connectivity index (χ0) is 25.7. The normalized spacial score (nSPS) is 25.9.